The molecule has 0 aromatic heterocycles. The van der Waals surface area contributed by atoms with Gasteiger partial charge in [-0.3, -0.25) is 9.10 Å². The zero-order valence-corrected chi connectivity index (χ0v) is 17.8. The standard InChI is InChI=1S/C22H25ClN2O3S/c23-20-13-7-8-14-21(20)25(29(27,28)19-11-5-2-6-12-19)17-22(26)24-16-15-18-9-3-1-4-10-18/h2,5-9,11-14H,1,3-4,10,15-17H2,(H,24,26). The molecule has 1 N–H and O–H groups in total. The van der Waals surface area contributed by atoms with Gasteiger partial charge in [0.15, 0.2) is 0 Å². The molecule has 29 heavy (non-hydrogen) atoms. The third-order valence-corrected chi connectivity index (χ3v) is 6.99. The molecule has 2 aromatic carbocycles. The molecule has 1 amide bonds. The molecule has 0 bridgehead atoms. The fourth-order valence-corrected chi connectivity index (χ4v) is 5.10. The summed E-state index contributed by atoms with van der Waals surface area (Å²) in [5, 5.41) is 3.11. The number of hydrogen-bond acceptors (Lipinski definition) is 3. The maximum absolute atomic E-state index is 13.2. The highest BCUT2D eigenvalue weighted by molar-refractivity contribution is 7.92. The lowest BCUT2D eigenvalue weighted by atomic mass is 9.97. The second-order valence-electron chi connectivity index (χ2n) is 6.98. The fourth-order valence-electron chi connectivity index (χ4n) is 3.35. The third-order valence-electron chi connectivity index (χ3n) is 4.89. The zero-order valence-electron chi connectivity index (χ0n) is 16.2. The number of nitrogens with zero attached hydrogens (tertiary/aromatic N) is 1. The van der Waals surface area contributed by atoms with E-state index in [1.165, 1.54) is 30.5 Å². The zero-order chi connectivity index (χ0) is 20.7. The first kappa shape index (κ1) is 21.4. The van der Waals surface area contributed by atoms with Crippen LogP contribution in [0, 0.1) is 0 Å². The van der Waals surface area contributed by atoms with Gasteiger partial charge in [0.05, 0.1) is 15.6 Å². The average molecular weight is 433 g/mol. The second-order valence-corrected chi connectivity index (χ2v) is 9.25. The molecule has 0 aliphatic heterocycles. The van der Waals surface area contributed by atoms with Crippen LogP contribution in [0.4, 0.5) is 5.69 Å². The molecule has 0 spiro atoms. The predicted molar refractivity (Wildman–Crippen MR) is 117 cm³/mol. The summed E-state index contributed by atoms with van der Waals surface area (Å²) in [5.74, 6) is -0.360. The van der Waals surface area contributed by atoms with Crippen LogP contribution in [0.25, 0.3) is 0 Å². The number of carbonyl (C=O) groups is 1. The summed E-state index contributed by atoms with van der Waals surface area (Å²) in [6.07, 6.45) is 7.62. The van der Waals surface area contributed by atoms with E-state index in [0.29, 0.717) is 6.54 Å². The monoisotopic (exact) mass is 432 g/mol. The first-order valence-electron chi connectivity index (χ1n) is 9.75. The molecule has 0 atom stereocenters. The van der Waals surface area contributed by atoms with Gasteiger partial charge in [0.1, 0.15) is 6.54 Å². The van der Waals surface area contributed by atoms with Crippen molar-refractivity contribution in [3.63, 3.8) is 0 Å². The number of nitrogens with one attached hydrogen (secondary N) is 1. The van der Waals surface area contributed by atoms with E-state index in [-0.39, 0.29) is 28.1 Å². The Balaban J connectivity index is 1.76. The van der Waals surface area contributed by atoms with E-state index < -0.39 is 10.0 Å². The van der Waals surface area contributed by atoms with Crippen molar-refractivity contribution in [3.8, 4) is 0 Å². The number of amides is 1. The van der Waals surface area contributed by atoms with Gasteiger partial charge in [-0.15, -0.1) is 0 Å². The molecule has 2 aromatic rings. The van der Waals surface area contributed by atoms with Crippen LogP contribution in [-0.4, -0.2) is 27.4 Å². The average Bonchev–Trinajstić information content (AvgIpc) is 2.74. The van der Waals surface area contributed by atoms with Crippen LogP contribution in [0.1, 0.15) is 32.1 Å². The summed E-state index contributed by atoms with van der Waals surface area (Å²) in [6, 6.07) is 14.7. The first-order chi connectivity index (χ1) is 14.0. The Morgan fingerprint density at radius 1 is 1.03 bits per heavy atom. The highest BCUT2D eigenvalue weighted by Crippen LogP contribution is 2.30. The molecule has 0 saturated heterocycles. The van der Waals surface area contributed by atoms with Gasteiger partial charge < -0.3 is 5.32 Å². The molecule has 3 rings (SSSR count). The minimum absolute atomic E-state index is 0.111. The number of para-hydroxylation sites is 1. The summed E-state index contributed by atoms with van der Waals surface area (Å²) in [5.41, 5.74) is 1.64. The highest BCUT2D eigenvalue weighted by Gasteiger charge is 2.28. The van der Waals surface area contributed by atoms with Gasteiger partial charge in [0, 0.05) is 6.54 Å². The Bertz CT molecular complexity index is 975. The van der Waals surface area contributed by atoms with Crippen LogP contribution >= 0.6 is 11.6 Å². The molecule has 5 nitrogen and oxygen atoms in total. The molecule has 0 unspecified atom stereocenters. The van der Waals surface area contributed by atoms with Crippen LogP contribution < -0.4 is 9.62 Å². The molecule has 7 heteroatoms. The van der Waals surface area contributed by atoms with Gasteiger partial charge in [-0.1, -0.05) is 53.6 Å². The normalized spacial score (nSPS) is 14.2. The summed E-state index contributed by atoms with van der Waals surface area (Å²) >= 11 is 6.26. The van der Waals surface area contributed by atoms with Gasteiger partial charge in [-0.05, 0) is 56.4 Å². The SMILES string of the molecule is O=C(CN(c1ccccc1Cl)S(=O)(=O)c1ccccc1)NCCC1=CCCCC1. The Kier molecular flexibility index (Phi) is 7.34. The molecule has 1 aliphatic carbocycles. The number of anilines is 1. The van der Waals surface area contributed by atoms with E-state index in [2.05, 4.69) is 11.4 Å². The van der Waals surface area contributed by atoms with Crippen LogP contribution in [0.2, 0.25) is 5.02 Å². The Morgan fingerprint density at radius 2 is 1.76 bits per heavy atom. The number of hydrogen-bond donors (Lipinski definition) is 1. The highest BCUT2D eigenvalue weighted by atomic mass is 35.5. The maximum atomic E-state index is 13.2. The van der Waals surface area contributed by atoms with Gasteiger partial charge in [0.25, 0.3) is 10.0 Å². The number of halogens is 1. The second kappa shape index (κ2) is 9.94. The third kappa shape index (κ3) is 5.61. The topological polar surface area (TPSA) is 66.5 Å². The molecular weight excluding hydrogens is 408 g/mol. The summed E-state index contributed by atoms with van der Waals surface area (Å²) < 4.78 is 27.5. The van der Waals surface area contributed by atoms with Crippen LogP contribution in [0.15, 0.2) is 71.1 Å². The molecule has 0 saturated carbocycles. The van der Waals surface area contributed by atoms with Crippen molar-refractivity contribution in [2.75, 3.05) is 17.4 Å². The van der Waals surface area contributed by atoms with E-state index >= 15 is 0 Å². The number of benzene rings is 2. The predicted octanol–water partition coefficient (Wildman–Crippen LogP) is 4.54. The van der Waals surface area contributed by atoms with E-state index in [1.54, 1.807) is 42.5 Å². The smallest absolute Gasteiger partial charge is 0.264 e. The van der Waals surface area contributed by atoms with Crippen molar-refractivity contribution in [1.82, 2.24) is 5.32 Å². The van der Waals surface area contributed by atoms with Crippen molar-refractivity contribution in [3.05, 3.63) is 71.3 Å². The Labute approximate surface area is 177 Å². The first-order valence-corrected chi connectivity index (χ1v) is 11.6. The molecular formula is C22H25ClN2O3S. The maximum Gasteiger partial charge on any atom is 0.264 e. The van der Waals surface area contributed by atoms with E-state index in [1.807, 2.05) is 0 Å². The summed E-state index contributed by atoms with van der Waals surface area (Å²) in [4.78, 5) is 12.7. The minimum atomic E-state index is -3.94. The minimum Gasteiger partial charge on any atom is -0.354 e. The summed E-state index contributed by atoms with van der Waals surface area (Å²) in [7, 11) is -3.94. The van der Waals surface area contributed by atoms with Gasteiger partial charge >= 0.3 is 0 Å². The van der Waals surface area contributed by atoms with Gasteiger partial charge in [-0.2, -0.15) is 0 Å². The largest absolute Gasteiger partial charge is 0.354 e. The van der Waals surface area contributed by atoms with Crippen molar-refractivity contribution in [1.29, 1.82) is 0 Å². The lowest BCUT2D eigenvalue weighted by molar-refractivity contribution is -0.119. The van der Waals surface area contributed by atoms with Crippen LogP contribution in [0.5, 0.6) is 0 Å². The van der Waals surface area contributed by atoms with Crippen molar-refractivity contribution < 1.29 is 13.2 Å². The van der Waals surface area contributed by atoms with Gasteiger partial charge in [-0.25, -0.2) is 8.42 Å². The van der Waals surface area contributed by atoms with E-state index in [4.69, 9.17) is 11.6 Å². The van der Waals surface area contributed by atoms with Crippen LogP contribution in [0.3, 0.4) is 0 Å². The van der Waals surface area contributed by atoms with Gasteiger partial charge in [0.2, 0.25) is 5.91 Å². The number of sulfonamides is 1. The number of rotatable bonds is 8. The van der Waals surface area contributed by atoms with E-state index in [9.17, 15) is 13.2 Å². The van der Waals surface area contributed by atoms with Crippen molar-refractivity contribution in [2.45, 2.75) is 37.0 Å². The molecule has 1 aliphatic rings. The number of allylic oxidation sites excluding steroid dienone is 1. The van der Waals surface area contributed by atoms with E-state index in [0.717, 1.165) is 23.6 Å². The Hall–Kier alpha value is -2.31. The van der Waals surface area contributed by atoms with Crippen molar-refractivity contribution >= 4 is 33.2 Å². The quantitative estimate of drug-likeness (QED) is 0.622. The molecule has 0 fully saturated rings. The Morgan fingerprint density at radius 3 is 2.45 bits per heavy atom. The number of carbonyl (C=O) groups excluding carboxylic acids is 1. The fraction of sp³-hybridized carbons (Fsp3) is 0.318. The molecule has 0 heterocycles. The lowest BCUT2D eigenvalue weighted by Gasteiger charge is -2.25. The van der Waals surface area contributed by atoms with Crippen LogP contribution in [-0.2, 0) is 14.8 Å². The summed E-state index contributed by atoms with van der Waals surface area (Å²) in [6.45, 7) is 0.159. The van der Waals surface area contributed by atoms with Crippen molar-refractivity contribution in [2.24, 2.45) is 0 Å². The molecule has 0 radical (unpaired) electrons. The lowest BCUT2D eigenvalue weighted by Crippen LogP contribution is -2.41. The molecule has 154 valence electrons.